The summed E-state index contributed by atoms with van der Waals surface area (Å²) in [5.74, 6) is -0.515. The number of amides is 3. The molecule has 24 heavy (non-hydrogen) atoms. The first-order chi connectivity index (χ1) is 11.5. The fourth-order valence-electron chi connectivity index (χ4n) is 2.43. The summed E-state index contributed by atoms with van der Waals surface area (Å²) in [6.45, 7) is 0. The first-order valence-electron chi connectivity index (χ1n) is 7.27. The second-order valence-electron chi connectivity index (χ2n) is 5.30. The molecule has 1 heterocycles. The molecular formula is C17H15N3O3S. The number of carbonyl (C=O) groups is 3. The predicted molar refractivity (Wildman–Crippen MR) is 93.1 cm³/mol. The van der Waals surface area contributed by atoms with Crippen LogP contribution in [-0.2, 0) is 16.0 Å². The summed E-state index contributed by atoms with van der Waals surface area (Å²) < 4.78 is 0. The topological polar surface area (TPSA) is 101 Å². The summed E-state index contributed by atoms with van der Waals surface area (Å²) in [5, 5.41) is 5.49. The number of benzene rings is 2. The normalized spacial score (nSPS) is 12.9. The van der Waals surface area contributed by atoms with E-state index in [0.29, 0.717) is 11.4 Å². The van der Waals surface area contributed by atoms with Crippen LogP contribution in [0.3, 0.4) is 0 Å². The SMILES string of the molecule is NC(=O)c1ccccc1NC(=O)Cc1ccc2c(c1)NC(=O)CS2. The number of hydrogen-bond donors (Lipinski definition) is 3. The molecule has 122 valence electrons. The van der Waals surface area contributed by atoms with E-state index in [0.717, 1.165) is 16.1 Å². The maximum absolute atomic E-state index is 12.2. The lowest BCUT2D eigenvalue weighted by atomic mass is 10.1. The van der Waals surface area contributed by atoms with E-state index in [4.69, 9.17) is 5.73 Å². The van der Waals surface area contributed by atoms with E-state index in [1.807, 2.05) is 12.1 Å². The first-order valence-corrected chi connectivity index (χ1v) is 8.26. The van der Waals surface area contributed by atoms with Gasteiger partial charge < -0.3 is 16.4 Å². The standard InChI is InChI=1S/C17H15N3O3S/c18-17(23)11-3-1-2-4-12(11)19-15(21)8-10-5-6-14-13(7-10)20-16(22)9-24-14/h1-7H,8-9H2,(H2,18,23)(H,19,21)(H,20,22). The van der Waals surface area contributed by atoms with Crippen LogP contribution < -0.4 is 16.4 Å². The van der Waals surface area contributed by atoms with Crippen LogP contribution in [0.2, 0.25) is 0 Å². The minimum atomic E-state index is -0.598. The highest BCUT2D eigenvalue weighted by molar-refractivity contribution is 8.00. The Hall–Kier alpha value is -2.80. The lowest BCUT2D eigenvalue weighted by Gasteiger charge is -2.17. The Bertz CT molecular complexity index is 836. The van der Waals surface area contributed by atoms with Crippen molar-refractivity contribution in [2.75, 3.05) is 16.4 Å². The Morgan fingerprint density at radius 3 is 2.79 bits per heavy atom. The van der Waals surface area contributed by atoms with Crippen molar-refractivity contribution in [3.8, 4) is 0 Å². The van der Waals surface area contributed by atoms with Crippen LogP contribution in [0.25, 0.3) is 0 Å². The Balaban J connectivity index is 1.73. The van der Waals surface area contributed by atoms with Crippen molar-refractivity contribution >= 4 is 40.9 Å². The number of fused-ring (bicyclic) bond motifs is 1. The van der Waals surface area contributed by atoms with Crippen molar-refractivity contribution in [1.29, 1.82) is 0 Å². The number of hydrogen-bond acceptors (Lipinski definition) is 4. The molecule has 4 N–H and O–H groups in total. The lowest BCUT2D eigenvalue weighted by molar-refractivity contribution is -0.115. The summed E-state index contributed by atoms with van der Waals surface area (Å²) in [6, 6.07) is 12.1. The molecule has 2 aromatic rings. The molecule has 2 aromatic carbocycles. The second kappa shape index (κ2) is 6.76. The van der Waals surface area contributed by atoms with Crippen molar-refractivity contribution in [3.63, 3.8) is 0 Å². The molecule has 1 aliphatic rings. The molecule has 0 fully saturated rings. The molecule has 7 heteroatoms. The molecule has 0 bridgehead atoms. The molecule has 3 rings (SSSR count). The van der Waals surface area contributed by atoms with Gasteiger partial charge in [-0.1, -0.05) is 18.2 Å². The molecule has 0 atom stereocenters. The minimum absolute atomic E-state index is 0.0514. The zero-order valence-electron chi connectivity index (χ0n) is 12.7. The highest BCUT2D eigenvalue weighted by Crippen LogP contribution is 2.32. The van der Waals surface area contributed by atoms with Crippen molar-refractivity contribution in [3.05, 3.63) is 53.6 Å². The van der Waals surface area contributed by atoms with Crippen LogP contribution in [0.4, 0.5) is 11.4 Å². The first kappa shape index (κ1) is 16.1. The van der Waals surface area contributed by atoms with Gasteiger partial charge >= 0.3 is 0 Å². The van der Waals surface area contributed by atoms with E-state index in [9.17, 15) is 14.4 Å². The van der Waals surface area contributed by atoms with Gasteiger partial charge in [0.15, 0.2) is 0 Å². The van der Waals surface area contributed by atoms with Crippen LogP contribution in [-0.4, -0.2) is 23.5 Å². The molecular weight excluding hydrogens is 326 g/mol. The smallest absolute Gasteiger partial charge is 0.250 e. The Kier molecular flexibility index (Phi) is 4.52. The van der Waals surface area contributed by atoms with Crippen molar-refractivity contribution < 1.29 is 14.4 Å². The number of para-hydroxylation sites is 1. The van der Waals surface area contributed by atoms with Gasteiger partial charge in [-0.25, -0.2) is 0 Å². The third-order valence-corrected chi connectivity index (χ3v) is 4.58. The number of nitrogens with one attached hydrogen (secondary N) is 2. The molecule has 0 unspecified atom stereocenters. The largest absolute Gasteiger partial charge is 0.366 e. The van der Waals surface area contributed by atoms with Crippen molar-refractivity contribution in [1.82, 2.24) is 0 Å². The van der Waals surface area contributed by atoms with E-state index in [-0.39, 0.29) is 23.8 Å². The molecule has 0 aromatic heterocycles. The number of rotatable bonds is 4. The number of anilines is 2. The van der Waals surface area contributed by atoms with Gasteiger partial charge in [0.05, 0.1) is 29.1 Å². The molecule has 0 spiro atoms. The average molecular weight is 341 g/mol. The number of primary amides is 1. The molecule has 0 saturated heterocycles. The molecule has 0 radical (unpaired) electrons. The second-order valence-corrected chi connectivity index (χ2v) is 6.32. The van der Waals surface area contributed by atoms with Gasteiger partial charge in [0.2, 0.25) is 11.8 Å². The minimum Gasteiger partial charge on any atom is -0.366 e. The Morgan fingerprint density at radius 2 is 2.00 bits per heavy atom. The summed E-state index contributed by atoms with van der Waals surface area (Å²) >= 11 is 1.47. The van der Waals surface area contributed by atoms with Gasteiger partial charge in [-0.2, -0.15) is 0 Å². The highest BCUT2D eigenvalue weighted by Gasteiger charge is 2.16. The van der Waals surface area contributed by atoms with E-state index >= 15 is 0 Å². The highest BCUT2D eigenvalue weighted by atomic mass is 32.2. The number of carbonyl (C=O) groups excluding carboxylic acids is 3. The average Bonchev–Trinajstić information content (AvgIpc) is 2.54. The van der Waals surface area contributed by atoms with Crippen molar-refractivity contribution in [2.45, 2.75) is 11.3 Å². The maximum atomic E-state index is 12.2. The summed E-state index contributed by atoms with van der Waals surface area (Å²) in [5.41, 5.74) is 7.44. The maximum Gasteiger partial charge on any atom is 0.250 e. The fraction of sp³-hybridized carbons (Fsp3) is 0.118. The van der Waals surface area contributed by atoms with Crippen LogP contribution in [0.5, 0.6) is 0 Å². The third-order valence-electron chi connectivity index (χ3n) is 3.51. The summed E-state index contributed by atoms with van der Waals surface area (Å²) in [7, 11) is 0. The van der Waals surface area contributed by atoms with Gasteiger partial charge in [-0.05, 0) is 29.8 Å². The quantitative estimate of drug-likeness (QED) is 0.792. The molecule has 1 aliphatic heterocycles. The Morgan fingerprint density at radius 1 is 1.21 bits per heavy atom. The van der Waals surface area contributed by atoms with Gasteiger partial charge in [-0.3, -0.25) is 14.4 Å². The lowest BCUT2D eigenvalue weighted by Crippen LogP contribution is -2.20. The monoisotopic (exact) mass is 341 g/mol. The molecule has 0 aliphatic carbocycles. The summed E-state index contributed by atoms with van der Waals surface area (Å²) in [4.78, 5) is 36.0. The fourth-order valence-corrected chi connectivity index (χ4v) is 3.22. The van der Waals surface area contributed by atoms with Gasteiger partial charge in [0, 0.05) is 4.90 Å². The zero-order chi connectivity index (χ0) is 17.1. The number of nitrogens with two attached hydrogens (primary N) is 1. The predicted octanol–water partition coefficient (Wildman–Crippen LogP) is 2.01. The van der Waals surface area contributed by atoms with E-state index in [1.165, 1.54) is 11.8 Å². The number of thioether (sulfide) groups is 1. The van der Waals surface area contributed by atoms with Gasteiger partial charge in [0.25, 0.3) is 5.91 Å². The van der Waals surface area contributed by atoms with Gasteiger partial charge in [-0.15, -0.1) is 11.8 Å². The van der Waals surface area contributed by atoms with Gasteiger partial charge in [0.1, 0.15) is 0 Å². The van der Waals surface area contributed by atoms with E-state index < -0.39 is 5.91 Å². The third kappa shape index (κ3) is 3.57. The van der Waals surface area contributed by atoms with Crippen LogP contribution >= 0.6 is 11.8 Å². The Labute approximate surface area is 142 Å². The molecule has 0 saturated carbocycles. The van der Waals surface area contributed by atoms with Crippen molar-refractivity contribution in [2.24, 2.45) is 5.73 Å². The van der Waals surface area contributed by atoms with E-state index in [2.05, 4.69) is 10.6 Å². The molecule has 6 nitrogen and oxygen atoms in total. The van der Waals surface area contributed by atoms with Crippen LogP contribution in [0, 0.1) is 0 Å². The zero-order valence-corrected chi connectivity index (χ0v) is 13.5. The van der Waals surface area contributed by atoms with E-state index in [1.54, 1.807) is 30.3 Å². The molecule has 3 amide bonds. The van der Waals surface area contributed by atoms with Crippen LogP contribution in [0.15, 0.2) is 47.4 Å². The van der Waals surface area contributed by atoms with Crippen LogP contribution in [0.1, 0.15) is 15.9 Å². The summed E-state index contributed by atoms with van der Waals surface area (Å²) in [6.07, 6.45) is 0.126.